The lowest BCUT2D eigenvalue weighted by atomic mass is 10.2. The Hall–Kier alpha value is -3.30. The summed E-state index contributed by atoms with van der Waals surface area (Å²) in [5, 5.41) is 17.6. The first-order chi connectivity index (χ1) is 15.0. The van der Waals surface area contributed by atoms with Crippen molar-refractivity contribution in [3.05, 3.63) is 57.9 Å². The van der Waals surface area contributed by atoms with E-state index in [2.05, 4.69) is 10.6 Å². The monoisotopic (exact) mass is 458 g/mol. The molecule has 0 atom stereocenters. The molecule has 0 aliphatic carbocycles. The molecule has 9 heteroatoms. The fraction of sp³-hybridized carbons (Fsp3) is 0.182. The van der Waals surface area contributed by atoms with Crippen molar-refractivity contribution in [1.82, 2.24) is 0 Å². The lowest BCUT2D eigenvalue weighted by Crippen LogP contribution is -2.06. The van der Waals surface area contributed by atoms with Crippen LogP contribution in [0.3, 0.4) is 0 Å². The van der Waals surface area contributed by atoms with Gasteiger partial charge in [0.2, 0.25) is 0 Å². The Morgan fingerprint density at radius 1 is 1.00 bits per heavy atom. The van der Waals surface area contributed by atoms with Crippen LogP contribution < -0.4 is 20.1 Å². The predicted octanol–water partition coefficient (Wildman–Crippen LogP) is 5.86. The number of rotatable bonds is 8. The number of ether oxygens (including phenoxy) is 3. The van der Waals surface area contributed by atoms with E-state index in [1.165, 1.54) is 0 Å². The van der Waals surface area contributed by atoms with Crippen molar-refractivity contribution < 1.29 is 24.1 Å². The van der Waals surface area contributed by atoms with E-state index in [-0.39, 0.29) is 21.7 Å². The number of esters is 1. The van der Waals surface area contributed by atoms with Gasteiger partial charge in [-0.05, 0) is 31.2 Å². The maximum absolute atomic E-state index is 12.4. The van der Waals surface area contributed by atoms with Gasteiger partial charge in [0, 0.05) is 0 Å². The molecule has 31 heavy (non-hydrogen) atoms. The van der Waals surface area contributed by atoms with Crippen LogP contribution >= 0.6 is 23.6 Å². The maximum atomic E-state index is 12.4. The van der Waals surface area contributed by atoms with E-state index in [9.17, 15) is 9.90 Å². The standard InChI is InChI=1S/C22H22N2O5S2/c1-4-29-22(26)20-18(25)19(30)17(23-13-9-5-7-11-15(13)27-2)21(31-20)24-14-10-6-8-12-16(14)28-3/h5-12,23-25H,4H2,1-3H3. The molecular formula is C22H22N2O5S2. The molecule has 0 saturated carbocycles. The normalized spacial score (nSPS) is 10.3. The SMILES string of the molecule is CCOC(=O)c1sc(Nc2ccccc2OC)c(Nc2ccccc2OC)c(=S)c1O. The molecule has 0 aliphatic rings. The van der Waals surface area contributed by atoms with Crippen molar-refractivity contribution in [3.8, 4) is 17.2 Å². The third-order valence-electron chi connectivity index (χ3n) is 4.27. The molecule has 0 spiro atoms. The minimum absolute atomic E-state index is 0.00910. The molecule has 0 radical (unpaired) electrons. The smallest absolute Gasteiger partial charge is 0.352 e. The second-order valence-electron chi connectivity index (χ2n) is 6.18. The number of para-hydroxylation sites is 4. The lowest BCUT2D eigenvalue weighted by Gasteiger charge is -2.18. The Kier molecular flexibility index (Phi) is 7.32. The summed E-state index contributed by atoms with van der Waals surface area (Å²) >= 11 is 6.53. The Morgan fingerprint density at radius 2 is 1.55 bits per heavy atom. The van der Waals surface area contributed by atoms with Crippen LogP contribution in [0, 0.1) is 4.51 Å². The van der Waals surface area contributed by atoms with E-state index in [1.807, 2.05) is 42.5 Å². The number of carbonyl (C=O) groups excluding carboxylic acids is 1. The summed E-state index contributed by atoms with van der Waals surface area (Å²) in [5.41, 5.74) is 1.73. The molecule has 0 bridgehead atoms. The number of anilines is 4. The molecule has 1 aromatic heterocycles. The Balaban J connectivity index is 2.17. The van der Waals surface area contributed by atoms with Gasteiger partial charge in [0.15, 0.2) is 10.6 Å². The van der Waals surface area contributed by atoms with E-state index in [1.54, 1.807) is 27.2 Å². The van der Waals surface area contributed by atoms with E-state index in [0.717, 1.165) is 11.3 Å². The summed E-state index contributed by atoms with van der Waals surface area (Å²) in [5.74, 6) is 0.234. The second kappa shape index (κ2) is 10.1. The molecule has 0 fully saturated rings. The van der Waals surface area contributed by atoms with Gasteiger partial charge in [-0.25, -0.2) is 4.79 Å². The summed E-state index contributed by atoms with van der Waals surface area (Å²) in [6.45, 7) is 1.87. The molecule has 1 heterocycles. The minimum Gasteiger partial charge on any atom is -0.505 e. The second-order valence-corrected chi connectivity index (χ2v) is 7.61. The van der Waals surface area contributed by atoms with Crippen molar-refractivity contribution in [3.63, 3.8) is 0 Å². The van der Waals surface area contributed by atoms with Crippen LogP contribution in [-0.4, -0.2) is 31.9 Å². The summed E-state index contributed by atoms with van der Waals surface area (Å²) in [4.78, 5) is 12.4. The number of aromatic hydroxyl groups is 1. The zero-order valence-corrected chi connectivity index (χ0v) is 18.9. The quantitative estimate of drug-likeness (QED) is 0.286. The third kappa shape index (κ3) is 4.89. The zero-order chi connectivity index (χ0) is 22.4. The molecule has 0 unspecified atom stereocenters. The van der Waals surface area contributed by atoms with Gasteiger partial charge in [-0.1, -0.05) is 36.5 Å². The fourth-order valence-corrected chi connectivity index (χ4v) is 4.16. The summed E-state index contributed by atoms with van der Waals surface area (Å²) in [7, 11) is 3.13. The van der Waals surface area contributed by atoms with Crippen LogP contribution in [0.15, 0.2) is 48.5 Å². The van der Waals surface area contributed by atoms with Gasteiger partial charge in [0.25, 0.3) is 0 Å². The van der Waals surface area contributed by atoms with Crippen molar-refractivity contribution in [1.29, 1.82) is 0 Å². The lowest BCUT2D eigenvalue weighted by molar-refractivity contribution is 0.0529. The highest BCUT2D eigenvalue weighted by Gasteiger charge is 2.22. The van der Waals surface area contributed by atoms with Crippen LogP contribution in [0.2, 0.25) is 0 Å². The highest BCUT2D eigenvalue weighted by molar-refractivity contribution is 7.71. The Bertz CT molecular complexity index is 1150. The van der Waals surface area contributed by atoms with Crippen molar-refractivity contribution in [2.45, 2.75) is 6.92 Å². The van der Waals surface area contributed by atoms with Crippen molar-refractivity contribution in [2.75, 3.05) is 31.5 Å². The first-order valence-electron chi connectivity index (χ1n) is 9.37. The van der Waals surface area contributed by atoms with Gasteiger partial charge < -0.3 is 30.0 Å². The Labute approximate surface area is 189 Å². The average Bonchev–Trinajstić information content (AvgIpc) is 2.79. The number of nitrogens with one attached hydrogen (secondary N) is 2. The number of hydrogen-bond donors (Lipinski definition) is 3. The van der Waals surface area contributed by atoms with Gasteiger partial charge in [-0.2, -0.15) is 0 Å². The summed E-state index contributed by atoms with van der Waals surface area (Å²) < 4.78 is 16.0. The molecule has 7 nitrogen and oxygen atoms in total. The van der Waals surface area contributed by atoms with Crippen molar-refractivity contribution in [2.24, 2.45) is 0 Å². The molecule has 2 aromatic carbocycles. The molecule has 0 amide bonds. The van der Waals surface area contributed by atoms with Crippen LogP contribution in [-0.2, 0) is 4.74 Å². The van der Waals surface area contributed by atoms with Gasteiger partial charge in [-0.3, -0.25) is 0 Å². The topological polar surface area (TPSA) is 89.1 Å². The molecule has 3 rings (SSSR count). The highest BCUT2D eigenvalue weighted by Crippen LogP contribution is 2.43. The summed E-state index contributed by atoms with van der Waals surface area (Å²) in [6, 6.07) is 14.6. The van der Waals surface area contributed by atoms with Crippen LogP contribution in [0.4, 0.5) is 22.1 Å². The number of methoxy groups -OCH3 is 2. The van der Waals surface area contributed by atoms with Crippen molar-refractivity contribution >= 4 is 51.6 Å². The first kappa shape index (κ1) is 22.4. The summed E-state index contributed by atoms with van der Waals surface area (Å²) in [6.07, 6.45) is 0. The molecule has 3 aromatic rings. The minimum atomic E-state index is -0.650. The molecular weight excluding hydrogens is 436 g/mol. The van der Waals surface area contributed by atoms with E-state index in [0.29, 0.717) is 33.6 Å². The molecule has 3 N–H and O–H groups in total. The third-order valence-corrected chi connectivity index (χ3v) is 5.74. The van der Waals surface area contributed by atoms with E-state index in [4.69, 9.17) is 26.4 Å². The van der Waals surface area contributed by atoms with Gasteiger partial charge in [0.05, 0.1) is 37.9 Å². The number of carbonyl (C=O) groups is 1. The van der Waals surface area contributed by atoms with E-state index < -0.39 is 5.97 Å². The highest BCUT2D eigenvalue weighted by atomic mass is 32.1. The van der Waals surface area contributed by atoms with Gasteiger partial charge in [0.1, 0.15) is 21.0 Å². The van der Waals surface area contributed by atoms with Gasteiger partial charge in [-0.15, -0.1) is 11.3 Å². The predicted molar refractivity (Wildman–Crippen MR) is 125 cm³/mol. The maximum Gasteiger partial charge on any atom is 0.352 e. The molecule has 0 saturated heterocycles. The largest absolute Gasteiger partial charge is 0.505 e. The average molecular weight is 459 g/mol. The number of hydrogen-bond acceptors (Lipinski definition) is 9. The zero-order valence-electron chi connectivity index (χ0n) is 17.2. The molecule has 162 valence electrons. The fourth-order valence-electron chi connectivity index (χ4n) is 2.82. The number of benzene rings is 2. The van der Waals surface area contributed by atoms with Crippen LogP contribution in [0.1, 0.15) is 16.6 Å². The van der Waals surface area contributed by atoms with Gasteiger partial charge >= 0.3 is 5.97 Å². The Morgan fingerprint density at radius 3 is 2.10 bits per heavy atom. The molecule has 0 aliphatic heterocycles. The van der Waals surface area contributed by atoms with Crippen LogP contribution in [0.25, 0.3) is 0 Å². The van der Waals surface area contributed by atoms with Crippen LogP contribution in [0.5, 0.6) is 17.2 Å². The van der Waals surface area contributed by atoms with E-state index >= 15 is 0 Å². The first-order valence-corrected chi connectivity index (χ1v) is 10.6.